The molecule has 0 spiro atoms. The zero-order chi connectivity index (χ0) is 24.1. The third-order valence-corrected chi connectivity index (χ3v) is 8.49. The van der Waals surface area contributed by atoms with Gasteiger partial charge in [0.15, 0.2) is 6.29 Å². The van der Waals surface area contributed by atoms with Crippen molar-refractivity contribution in [2.75, 3.05) is 19.7 Å². The van der Waals surface area contributed by atoms with Crippen LogP contribution in [-0.2, 0) is 4.74 Å². The molecule has 0 rings (SSSR count). The first kappa shape index (κ1) is 32.2. The van der Waals surface area contributed by atoms with E-state index >= 15 is 0 Å². The molecule has 0 saturated heterocycles. The summed E-state index contributed by atoms with van der Waals surface area (Å²) in [5.74, 6) is 0. The second-order valence-electron chi connectivity index (χ2n) is 9.38. The Balaban J connectivity index is 3.69. The number of hydrogen-bond acceptors (Lipinski definition) is 4. The lowest BCUT2D eigenvalue weighted by Gasteiger charge is -2.35. The Bertz CT molecular complexity index is 432. The molecule has 0 heterocycles. The van der Waals surface area contributed by atoms with Gasteiger partial charge >= 0.3 is 0 Å². The summed E-state index contributed by atoms with van der Waals surface area (Å²) in [5, 5.41) is 10.6. The van der Waals surface area contributed by atoms with Crippen molar-refractivity contribution >= 4 is 28.3 Å². The Kier molecular flexibility index (Phi) is 21.8. The quantitative estimate of drug-likeness (QED) is 0.0933. The first-order valence-electron chi connectivity index (χ1n) is 13.7. The predicted octanol–water partition coefficient (Wildman–Crippen LogP) is 8.72. The molecule has 2 atom stereocenters. The number of ether oxygens (including phenoxy) is 1. The van der Waals surface area contributed by atoms with Crippen molar-refractivity contribution in [2.45, 2.75) is 148 Å². The third kappa shape index (κ3) is 15.9. The SMILES string of the molecule is CCCCCCCCCCCCCCCCCOC(O)C(C)(CC)SC(=S)N(CC)CC. The molecule has 0 aliphatic heterocycles. The molecule has 0 aliphatic rings. The smallest absolute Gasteiger partial charge is 0.169 e. The average molecular weight is 490 g/mol. The highest BCUT2D eigenvalue weighted by Gasteiger charge is 2.35. The van der Waals surface area contributed by atoms with Crippen LogP contribution >= 0.6 is 24.0 Å². The van der Waals surface area contributed by atoms with E-state index in [0.29, 0.717) is 6.61 Å². The molecule has 0 saturated carbocycles. The molecule has 0 aromatic carbocycles. The van der Waals surface area contributed by atoms with Crippen molar-refractivity contribution in [3.63, 3.8) is 0 Å². The first-order chi connectivity index (χ1) is 15.4. The van der Waals surface area contributed by atoms with Gasteiger partial charge in [0.25, 0.3) is 0 Å². The van der Waals surface area contributed by atoms with Gasteiger partial charge in [0, 0.05) is 19.7 Å². The minimum absolute atomic E-state index is 0.394. The number of hydrogen-bond donors (Lipinski definition) is 1. The number of aliphatic hydroxyl groups is 1. The van der Waals surface area contributed by atoms with Crippen LogP contribution in [0.5, 0.6) is 0 Å². The number of thioether (sulfide) groups is 1. The van der Waals surface area contributed by atoms with Gasteiger partial charge in [-0.1, -0.05) is 128 Å². The summed E-state index contributed by atoms with van der Waals surface area (Å²) in [6, 6.07) is 0. The highest BCUT2D eigenvalue weighted by atomic mass is 32.2. The van der Waals surface area contributed by atoms with Gasteiger partial charge in [0.05, 0.1) is 4.75 Å². The van der Waals surface area contributed by atoms with Crippen LogP contribution in [0.3, 0.4) is 0 Å². The molecule has 5 heteroatoms. The largest absolute Gasteiger partial charge is 0.367 e. The number of aliphatic hydroxyl groups excluding tert-OH is 1. The Hall–Kier alpha value is 0.160. The van der Waals surface area contributed by atoms with Gasteiger partial charge in [0.2, 0.25) is 0 Å². The third-order valence-electron chi connectivity index (χ3n) is 6.59. The van der Waals surface area contributed by atoms with Crippen LogP contribution < -0.4 is 0 Å². The second-order valence-corrected chi connectivity index (χ2v) is 11.5. The Morgan fingerprint density at radius 2 is 1.19 bits per heavy atom. The van der Waals surface area contributed by atoms with E-state index in [-0.39, 0.29) is 0 Å². The average Bonchev–Trinajstić information content (AvgIpc) is 2.79. The Morgan fingerprint density at radius 1 is 0.781 bits per heavy atom. The lowest BCUT2D eigenvalue weighted by Crippen LogP contribution is -2.41. The van der Waals surface area contributed by atoms with E-state index in [9.17, 15) is 5.11 Å². The van der Waals surface area contributed by atoms with Crippen molar-refractivity contribution in [2.24, 2.45) is 0 Å². The molecule has 0 aliphatic carbocycles. The molecule has 32 heavy (non-hydrogen) atoms. The maximum atomic E-state index is 10.6. The molecule has 0 aromatic heterocycles. The highest BCUT2D eigenvalue weighted by Crippen LogP contribution is 2.35. The summed E-state index contributed by atoms with van der Waals surface area (Å²) < 4.78 is 6.28. The molecule has 0 amide bonds. The van der Waals surface area contributed by atoms with Crippen LogP contribution in [0, 0.1) is 0 Å². The minimum atomic E-state index is -0.780. The normalized spacial score (nSPS) is 14.3. The number of thiocarbonyl (C=S) groups is 1. The summed E-state index contributed by atoms with van der Waals surface area (Å²) in [7, 11) is 0. The highest BCUT2D eigenvalue weighted by molar-refractivity contribution is 8.23. The number of rotatable bonds is 22. The second kappa shape index (κ2) is 21.7. The predicted molar refractivity (Wildman–Crippen MR) is 149 cm³/mol. The van der Waals surface area contributed by atoms with Crippen molar-refractivity contribution in [3.05, 3.63) is 0 Å². The summed E-state index contributed by atoms with van der Waals surface area (Å²) in [6.07, 6.45) is 20.4. The van der Waals surface area contributed by atoms with E-state index in [2.05, 4.69) is 39.5 Å². The van der Waals surface area contributed by atoms with Gasteiger partial charge in [-0.05, 0) is 33.6 Å². The molecule has 1 N–H and O–H groups in total. The molecule has 2 unspecified atom stereocenters. The fourth-order valence-corrected chi connectivity index (χ4v) is 5.82. The van der Waals surface area contributed by atoms with Crippen LogP contribution in [0.1, 0.15) is 137 Å². The van der Waals surface area contributed by atoms with E-state index in [1.807, 2.05) is 0 Å². The molecule has 3 nitrogen and oxygen atoms in total. The summed E-state index contributed by atoms with van der Waals surface area (Å²) >= 11 is 7.17. The molecular formula is C27H55NO2S2. The zero-order valence-corrected chi connectivity index (χ0v) is 23.8. The monoisotopic (exact) mass is 489 g/mol. The standard InChI is InChI=1S/C27H55NO2S2/c1-6-10-11-12-13-14-15-16-17-18-19-20-21-22-23-24-30-25(29)27(5,7-2)32-26(31)28(8-3)9-4/h25,29H,6-24H2,1-5H3. The van der Waals surface area contributed by atoms with Crippen LogP contribution in [0.2, 0.25) is 0 Å². The van der Waals surface area contributed by atoms with E-state index in [1.165, 1.54) is 89.9 Å². The van der Waals surface area contributed by atoms with Gasteiger partial charge in [-0.25, -0.2) is 0 Å². The Morgan fingerprint density at radius 3 is 1.56 bits per heavy atom. The van der Waals surface area contributed by atoms with Crippen LogP contribution in [0.15, 0.2) is 0 Å². The van der Waals surface area contributed by atoms with E-state index in [0.717, 1.165) is 30.3 Å². The minimum Gasteiger partial charge on any atom is -0.367 e. The molecule has 0 aromatic rings. The van der Waals surface area contributed by atoms with E-state index < -0.39 is 11.0 Å². The van der Waals surface area contributed by atoms with Gasteiger partial charge in [-0.2, -0.15) is 0 Å². The van der Waals surface area contributed by atoms with Gasteiger partial charge in [0.1, 0.15) is 4.32 Å². The fourth-order valence-electron chi connectivity index (χ4n) is 3.89. The van der Waals surface area contributed by atoms with Crippen molar-refractivity contribution in [3.8, 4) is 0 Å². The van der Waals surface area contributed by atoms with Crippen LogP contribution in [0.25, 0.3) is 0 Å². The first-order valence-corrected chi connectivity index (χ1v) is 14.9. The van der Waals surface area contributed by atoms with Crippen molar-refractivity contribution in [1.29, 1.82) is 0 Å². The van der Waals surface area contributed by atoms with E-state index in [1.54, 1.807) is 11.8 Å². The van der Waals surface area contributed by atoms with Gasteiger partial charge in [-0.15, -0.1) is 0 Å². The number of unbranched alkanes of at least 4 members (excludes halogenated alkanes) is 14. The van der Waals surface area contributed by atoms with Crippen molar-refractivity contribution in [1.82, 2.24) is 4.90 Å². The van der Waals surface area contributed by atoms with Gasteiger partial charge in [-0.3, -0.25) is 0 Å². The van der Waals surface area contributed by atoms with E-state index in [4.69, 9.17) is 17.0 Å². The summed E-state index contributed by atoms with van der Waals surface area (Å²) in [4.78, 5) is 2.16. The lowest BCUT2D eigenvalue weighted by atomic mass is 10.0. The van der Waals surface area contributed by atoms with Crippen LogP contribution in [-0.4, -0.2) is 45.1 Å². The lowest BCUT2D eigenvalue weighted by molar-refractivity contribution is -0.120. The zero-order valence-electron chi connectivity index (χ0n) is 22.1. The maximum absolute atomic E-state index is 10.6. The summed E-state index contributed by atoms with van der Waals surface area (Å²) in [5.41, 5.74) is 0. The molecule has 0 radical (unpaired) electrons. The topological polar surface area (TPSA) is 32.7 Å². The number of nitrogens with zero attached hydrogens (tertiary/aromatic N) is 1. The molecule has 0 fully saturated rings. The molecular weight excluding hydrogens is 434 g/mol. The molecule has 0 bridgehead atoms. The molecule has 192 valence electrons. The summed E-state index contributed by atoms with van der Waals surface area (Å²) in [6.45, 7) is 13.1. The van der Waals surface area contributed by atoms with Gasteiger partial charge < -0.3 is 14.7 Å². The Labute approximate surface area is 210 Å². The van der Waals surface area contributed by atoms with Crippen LogP contribution in [0.4, 0.5) is 0 Å². The van der Waals surface area contributed by atoms with Crippen molar-refractivity contribution < 1.29 is 9.84 Å². The fraction of sp³-hybridized carbons (Fsp3) is 0.963. The maximum Gasteiger partial charge on any atom is 0.169 e.